The van der Waals surface area contributed by atoms with E-state index in [0.29, 0.717) is 19.4 Å². The minimum atomic E-state index is -0.751. The van der Waals surface area contributed by atoms with Gasteiger partial charge in [-0.25, -0.2) is 4.79 Å². The number of carbonyl (C=O) groups is 4. The number of carbonyl (C=O) groups excluding carboxylic acids is 4. The molecule has 2 rings (SSSR count). The van der Waals surface area contributed by atoms with E-state index in [9.17, 15) is 19.2 Å². The van der Waals surface area contributed by atoms with Crippen molar-refractivity contribution in [2.45, 2.75) is 50.7 Å². The number of piperazine rings is 1. The fourth-order valence-electron chi connectivity index (χ4n) is 3.71. The van der Waals surface area contributed by atoms with Crippen molar-refractivity contribution in [3.63, 3.8) is 0 Å². The number of nitrogens with one attached hydrogen (secondary N) is 1. The highest BCUT2D eigenvalue weighted by atomic mass is 16.5. The van der Waals surface area contributed by atoms with E-state index in [2.05, 4.69) is 14.8 Å². The summed E-state index contributed by atoms with van der Waals surface area (Å²) in [5, 5.41) is 3.06. The molecule has 2 heterocycles. The van der Waals surface area contributed by atoms with Gasteiger partial charge >= 0.3 is 17.9 Å². The molecule has 26 heavy (non-hydrogen) atoms. The lowest BCUT2D eigenvalue weighted by atomic mass is 9.93. The first-order valence-corrected chi connectivity index (χ1v) is 8.78. The van der Waals surface area contributed by atoms with E-state index in [-0.39, 0.29) is 43.3 Å². The van der Waals surface area contributed by atoms with Crippen molar-refractivity contribution in [1.29, 1.82) is 0 Å². The van der Waals surface area contributed by atoms with Gasteiger partial charge in [0.15, 0.2) is 0 Å². The number of fused-ring (bicyclic) bond motifs is 1. The van der Waals surface area contributed by atoms with Gasteiger partial charge in [-0.15, -0.1) is 0 Å². The van der Waals surface area contributed by atoms with Crippen LogP contribution in [0.25, 0.3) is 0 Å². The zero-order chi connectivity index (χ0) is 19.3. The molecule has 0 saturated carbocycles. The first-order chi connectivity index (χ1) is 12.4. The van der Waals surface area contributed by atoms with Crippen molar-refractivity contribution in [2.24, 2.45) is 5.92 Å². The normalized spacial score (nSPS) is 27.7. The molecule has 0 aromatic heterocycles. The van der Waals surface area contributed by atoms with Crippen molar-refractivity contribution in [2.75, 3.05) is 27.4 Å². The fraction of sp³-hybridized carbons (Fsp3) is 0.765. The van der Waals surface area contributed by atoms with Crippen molar-refractivity contribution in [3.05, 3.63) is 0 Å². The molecule has 2 saturated heterocycles. The number of methoxy groups -OCH3 is 2. The van der Waals surface area contributed by atoms with E-state index in [1.165, 1.54) is 19.1 Å². The number of esters is 3. The van der Waals surface area contributed by atoms with Crippen LogP contribution in [-0.4, -0.2) is 74.2 Å². The molecule has 2 aliphatic rings. The third kappa shape index (κ3) is 4.32. The molecule has 0 aromatic carbocycles. The van der Waals surface area contributed by atoms with Crippen molar-refractivity contribution < 1.29 is 33.4 Å². The Morgan fingerprint density at radius 2 is 1.88 bits per heavy atom. The van der Waals surface area contributed by atoms with E-state index >= 15 is 0 Å². The highest BCUT2D eigenvalue weighted by Crippen LogP contribution is 2.36. The van der Waals surface area contributed by atoms with Crippen LogP contribution in [0.5, 0.6) is 0 Å². The van der Waals surface area contributed by atoms with Gasteiger partial charge in [-0.1, -0.05) is 0 Å². The van der Waals surface area contributed by atoms with E-state index in [0.717, 1.165) is 0 Å². The second-order valence-corrected chi connectivity index (χ2v) is 6.45. The van der Waals surface area contributed by atoms with E-state index in [1.54, 1.807) is 6.92 Å². The summed E-state index contributed by atoms with van der Waals surface area (Å²) in [4.78, 5) is 49.9. The first-order valence-electron chi connectivity index (χ1n) is 8.78. The maximum absolute atomic E-state index is 12.9. The van der Waals surface area contributed by atoms with Gasteiger partial charge in [-0.05, 0) is 25.7 Å². The molecule has 0 aliphatic carbocycles. The molecular weight excluding hydrogens is 344 g/mol. The number of hydrogen-bond donors (Lipinski definition) is 1. The zero-order valence-electron chi connectivity index (χ0n) is 15.4. The Kier molecular flexibility index (Phi) is 6.96. The van der Waals surface area contributed by atoms with Gasteiger partial charge in [-0.3, -0.25) is 14.4 Å². The molecule has 0 bridgehead atoms. The molecule has 9 heteroatoms. The summed E-state index contributed by atoms with van der Waals surface area (Å²) >= 11 is 0. The lowest BCUT2D eigenvalue weighted by molar-refractivity contribution is -0.158. The van der Waals surface area contributed by atoms with E-state index < -0.39 is 24.0 Å². The van der Waals surface area contributed by atoms with Crippen LogP contribution in [0.2, 0.25) is 0 Å². The molecule has 0 unspecified atom stereocenters. The predicted molar refractivity (Wildman–Crippen MR) is 88.8 cm³/mol. The lowest BCUT2D eigenvalue weighted by Gasteiger charge is -2.38. The van der Waals surface area contributed by atoms with Crippen LogP contribution in [0.1, 0.15) is 32.6 Å². The zero-order valence-corrected chi connectivity index (χ0v) is 15.4. The number of hydrogen-bond acceptors (Lipinski definition) is 8. The number of amides is 1. The monoisotopic (exact) mass is 370 g/mol. The summed E-state index contributed by atoms with van der Waals surface area (Å²) in [7, 11) is 2.58. The third-order valence-corrected chi connectivity index (χ3v) is 4.94. The van der Waals surface area contributed by atoms with Gasteiger partial charge in [0.1, 0.15) is 6.04 Å². The van der Waals surface area contributed by atoms with Crippen LogP contribution < -0.4 is 5.32 Å². The Balaban J connectivity index is 2.17. The van der Waals surface area contributed by atoms with Crippen LogP contribution in [-0.2, 0) is 33.4 Å². The van der Waals surface area contributed by atoms with Crippen molar-refractivity contribution in [1.82, 2.24) is 10.2 Å². The fourth-order valence-corrected chi connectivity index (χ4v) is 3.71. The standard InChI is InChI=1S/C17H26N2O7/c1-4-26-17(23)15-10(5-6-13(20)24-2)7-11-9-18-12(8-14(21)25-3)16(22)19(11)15/h10-12,15,18H,4-9H2,1-3H3/t10-,11-,12-,15-/m0/s1. The predicted octanol–water partition coefficient (Wildman–Crippen LogP) is -0.377. The summed E-state index contributed by atoms with van der Waals surface area (Å²) in [6, 6.07) is -1.65. The largest absolute Gasteiger partial charge is 0.469 e. The molecule has 0 aromatic rings. The Bertz CT molecular complexity index is 565. The van der Waals surface area contributed by atoms with Gasteiger partial charge in [0, 0.05) is 19.0 Å². The van der Waals surface area contributed by atoms with Crippen molar-refractivity contribution >= 4 is 23.8 Å². The van der Waals surface area contributed by atoms with Crippen LogP contribution in [0.3, 0.4) is 0 Å². The second-order valence-electron chi connectivity index (χ2n) is 6.45. The smallest absolute Gasteiger partial charge is 0.329 e. The van der Waals surface area contributed by atoms with E-state index in [4.69, 9.17) is 4.74 Å². The minimum absolute atomic E-state index is 0.0963. The van der Waals surface area contributed by atoms with Gasteiger partial charge in [-0.2, -0.15) is 0 Å². The summed E-state index contributed by atoms with van der Waals surface area (Å²) in [5.74, 6) is -1.84. The molecule has 4 atom stereocenters. The molecule has 2 fully saturated rings. The van der Waals surface area contributed by atoms with Gasteiger partial charge < -0.3 is 24.4 Å². The molecule has 0 radical (unpaired) electrons. The Hall–Kier alpha value is -2.16. The molecule has 1 N–H and O–H groups in total. The topological polar surface area (TPSA) is 111 Å². The average molecular weight is 370 g/mol. The minimum Gasteiger partial charge on any atom is -0.469 e. The second kappa shape index (κ2) is 8.98. The molecular formula is C17H26N2O7. The summed E-state index contributed by atoms with van der Waals surface area (Å²) < 4.78 is 14.5. The summed E-state index contributed by atoms with van der Waals surface area (Å²) in [6.07, 6.45) is 1.09. The quantitative estimate of drug-likeness (QED) is 0.477. The number of rotatable bonds is 7. The van der Waals surface area contributed by atoms with Crippen LogP contribution in [0.15, 0.2) is 0 Å². The van der Waals surface area contributed by atoms with Gasteiger partial charge in [0.05, 0.1) is 33.3 Å². The molecule has 2 aliphatic heterocycles. The SMILES string of the molecule is CCOC(=O)[C@@H]1[C@@H](CCC(=O)OC)C[C@H]2CN[C@@H](CC(=O)OC)C(=O)N21. The Morgan fingerprint density at radius 3 is 2.50 bits per heavy atom. The van der Waals surface area contributed by atoms with Crippen LogP contribution in [0, 0.1) is 5.92 Å². The molecule has 0 spiro atoms. The molecule has 146 valence electrons. The first kappa shape index (κ1) is 20.2. The maximum atomic E-state index is 12.9. The van der Waals surface area contributed by atoms with E-state index in [1.807, 2.05) is 0 Å². The third-order valence-electron chi connectivity index (χ3n) is 4.94. The highest BCUT2D eigenvalue weighted by Gasteiger charge is 2.51. The summed E-state index contributed by atoms with van der Waals surface area (Å²) in [6.45, 7) is 2.38. The van der Waals surface area contributed by atoms with Gasteiger partial charge in [0.25, 0.3) is 0 Å². The Labute approximate surface area is 152 Å². The maximum Gasteiger partial charge on any atom is 0.329 e. The molecule has 1 amide bonds. The lowest BCUT2D eigenvalue weighted by Crippen LogP contribution is -2.61. The Morgan fingerprint density at radius 1 is 1.19 bits per heavy atom. The highest BCUT2D eigenvalue weighted by molar-refractivity contribution is 5.92. The van der Waals surface area contributed by atoms with Crippen LogP contribution >= 0.6 is 0 Å². The van der Waals surface area contributed by atoms with Crippen molar-refractivity contribution in [3.8, 4) is 0 Å². The number of ether oxygens (including phenoxy) is 3. The molecule has 9 nitrogen and oxygen atoms in total. The van der Waals surface area contributed by atoms with Gasteiger partial charge in [0.2, 0.25) is 5.91 Å². The van der Waals surface area contributed by atoms with Crippen LogP contribution in [0.4, 0.5) is 0 Å². The number of nitrogens with zero attached hydrogens (tertiary/aromatic N) is 1. The summed E-state index contributed by atoms with van der Waals surface area (Å²) in [5.41, 5.74) is 0. The average Bonchev–Trinajstić information content (AvgIpc) is 3.01.